The largest absolute Gasteiger partial charge is 0.376 e. The molecule has 154 valence electrons. The summed E-state index contributed by atoms with van der Waals surface area (Å²) in [5.41, 5.74) is 5.93. The number of H-pyrrole nitrogens is 1. The van der Waals surface area contributed by atoms with Gasteiger partial charge < -0.3 is 5.32 Å². The fourth-order valence-corrected chi connectivity index (χ4v) is 3.22. The Morgan fingerprint density at radius 1 is 1.27 bits per heavy atom. The third-order valence-electron chi connectivity index (χ3n) is 4.14. The molecule has 2 aromatic carbocycles. The van der Waals surface area contributed by atoms with Crippen LogP contribution in [0.2, 0.25) is 0 Å². The lowest BCUT2D eigenvalue weighted by Gasteiger charge is -2.07. The summed E-state index contributed by atoms with van der Waals surface area (Å²) in [7, 11) is 0. The zero-order chi connectivity index (χ0) is 21.5. The molecule has 0 aliphatic rings. The number of carbonyl (C=O) groups excluding carboxylic acids is 1. The van der Waals surface area contributed by atoms with E-state index in [-0.39, 0.29) is 18.1 Å². The van der Waals surface area contributed by atoms with Crippen LogP contribution in [0.4, 0.5) is 11.4 Å². The first-order chi connectivity index (χ1) is 14.4. The fraction of sp³-hybridized carbons (Fsp3) is 0.158. The molecule has 1 heterocycles. The van der Waals surface area contributed by atoms with Crippen LogP contribution in [-0.4, -0.2) is 38.8 Å². The lowest BCUT2D eigenvalue weighted by atomic mass is 10.1. The van der Waals surface area contributed by atoms with Crippen molar-refractivity contribution in [3.8, 4) is 0 Å². The van der Waals surface area contributed by atoms with E-state index in [1.165, 1.54) is 24.2 Å². The summed E-state index contributed by atoms with van der Waals surface area (Å²) in [4.78, 5) is 27.2. The highest BCUT2D eigenvalue weighted by Gasteiger charge is 2.16. The van der Waals surface area contributed by atoms with Crippen molar-refractivity contribution in [3.63, 3.8) is 0 Å². The summed E-state index contributed by atoms with van der Waals surface area (Å²) in [5, 5.41) is 25.1. The molecule has 3 rings (SSSR count). The van der Waals surface area contributed by atoms with Crippen LogP contribution in [0.15, 0.2) is 57.9 Å². The maximum absolute atomic E-state index is 12.0. The summed E-state index contributed by atoms with van der Waals surface area (Å²) >= 11 is 1.10. The van der Waals surface area contributed by atoms with Crippen molar-refractivity contribution in [2.24, 2.45) is 5.10 Å². The molecule has 0 fully saturated rings. The molecule has 3 aromatic rings. The average Bonchev–Trinajstić information content (AvgIpc) is 3.23. The van der Waals surface area contributed by atoms with Crippen LogP contribution in [0.1, 0.15) is 16.7 Å². The van der Waals surface area contributed by atoms with E-state index in [4.69, 9.17) is 0 Å². The summed E-state index contributed by atoms with van der Waals surface area (Å²) in [6.07, 6.45) is 2.68. The van der Waals surface area contributed by atoms with Crippen molar-refractivity contribution < 1.29 is 9.72 Å². The molecule has 0 spiro atoms. The third kappa shape index (κ3) is 5.64. The van der Waals surface area contributed by atoms with E-state index in [1.807, 2.05) is 32.0 Å². The topological polar surface area (TPSA) is 138 Å². The van der Waals surface area contributed by atoms with Crippen molar-refractivity contribution in [1.82, 2.24) is 20.6 Å². The molecule has 10 nitrogen and oxygen atoms in total. The number of rotatable bonds is 8. The van der Waals surface area contributed by atoms with Gasteiger partial charge in [0, 0.05) is 17.3 Å². The van der Waals surface area contributed by atoms with Gasteiger partial charge in [0.15, 0.2) is 5.16 Å². The first kappa shape index (κ1) is 21.0. The lowest BCUT2D eigenvalue weighted by molar-refractivity contribution is -0.387. The minimum absolute atomic E-state index is 0.0484. The van der Waals surface area contributed by atoms with Crippen LogP contribution in [0.5, 0.6) is 0 Å². The predicted molar refractivity (Wildman–Crippen MR) is 114 cm³/mol. The van der Waals surface area contributed by atoms with Gasteiger partial charge >= 0.3 is 0 Å². The number of nitro groups is 1. The maximum Gasteiger partial charge on any atom is 0.283 e. The van der Waals surface area contributed by atoms with Crippen LogP contribution >= 0.6 is 11.8 Å². The van der Waals surface area contributed by atoms with Crippen molar-refractivity contribution in [2.45, 2.75) is 23.9 Å². The molecule has 3 N–H and O–H groups in total. The quantitative estimate of drug-likeness (QED) is 0.286. The van der Waals surface area contributed by atoms with E-state index >= 15 is 0 Å². The van der Waals surface area contributed by atoms with Crippen LogP contribution < -0.4 is 10.7 Å². The minimum Gasteiger partial charge on any atom is -0.376 e. The van der Waals surface area contributed by atoms with Crippen molar-refractivity contribution in [1.29, 1.82) is 0 Å². The predicted octanol–water partition coefficient (Wildman–Crippen LogP) is 3.04. The smallest absolute Gasteiger partial charge is 0.283 e. The van der Waals surface area contributed by atoms with Gasteiger partial charge in [-0.3, -0.25) is 20.0 Å². The van der Waals surface area contributed by atoms with Gasteiger partial charge in [0.25, 0.3) is 11.6 Å². The normalized spacial score (nSPS) is 10.9. The molecular formula is C19H19N7O3S. The Hall–Kier alpha value is -3.73. The standard InChI is InChI=1S/C19H19N7O3S/c1-12-3-5-15(7-13(12)2)20-10-18(27)24-22-9-14-4-6-17(16(8-14)26(28)29)30-19-21-11-23-25-19/h3-9,11,20H,10H2,1-2H3,(H,24,27)(H,21,23,25)/b22-9-. The molecule has 0 aliphatic heterocycles. The summed E-state index contributed by atoms with van der Waals surface area (Å²) in [6.45, 7) is 4.07. The third-order valence-corrected chi connectivity index (χ3v) is 5.10. The highest BCUT2D eigenvalue weighted by atomic mass is 32.2. The van der Waals surface area contributed by atoms with Gasteiger partial charge in [-0.05, 0) is 54.9 Å². The second-order valence-corrected chi connectivity index (χ2v) is 7.35. The molecule has 11 heteroatoms. The van der Waals surface area contributed by atoms with Crippen LogP contribution in [0, 0.1) is 24.0 Å². The Balaban J connectivity index is 1.58. The first-order valence-electron chi connectivity index (χ1n) is 8.87. The SMILES string of the molecule is Cc1ccc(NCC(=O)N/N=C\c2ccc(Sc3ncn[nH]3)c([N+](=O)[O-])c2)cc1C. The Morgan fingerprint density at radius 2 is 2.10 bits per heavy atom. The van der Waals surface area contributed by atoms with Crippen molar-refractivity contribution >= 4 is 35.3 Å². The van der Waals surface area contributed by atoms with E-state index < -0.39 is 4.92 Å². The van der Waals surface area contributed by atoms with E-state index in [1.54, 1.807) is 12.1 Å². The molecule has 0 bridgehead atoms. The van der Waals surface area contributed by atoms with E-state index in [0.29, 0.717) is 15.6 Å². The number of hydrogen-bond acceptors (Lipinski definition) is 8. The second kappa shape index (κ2) is 9.65. The van der Waals surface area contributed by atoms with Gasteiger partial charge in [0.1, 0.15) is 6.33 Å². The van der Waals surface area contributed by atoms with Crippen LogP contribution in [0.3, 0.4) is 0 Å². The van der Waals surface area contributed by atoms with Crippen molar-refractivity contribution in [3.05, 3.63) is 69.5 Å². The number of nitrogens with one attached hydrogen (secondary N) is 3. The van der Waals surface area contributed by atoms with Gasteiger partial charge in [-0.2, -0.15) is 10.2 Å². The maximum atomic E-state index is 12.0. The number of anilines is 1. The minimum atomic E-state index is -0.484. The van der Waals surface area contributed by atoms with E-state index in [0.717, 1.165) is 23.0 Å². The number of amides is 1. The van der Waals surface area contributed by atoms with E-state index in [2.05, 4.69) is 31.0 Å². The molecule has 30 heavy (non-hydrogen) atoms. The molecule has 0 radical (unpaired) electrons. The number of benzene rings is 2. The number of hydrogen-bond donors (Lipinski definition) is 3. The highest BCUT2D eigenvalue weighted by Crippen LogP contribution is 2.33. The molecule has 0 atom stereocenters. The monoisotopic (exact) mass is 425 g/mol. The van der Waals surface area contributed by atoms with Gasteiger partial charge in [0.05, 0.1) is 22.6 Å². The number of nitrogens with zero attached hydrogens (tertiary/aromatic N) is 4. The number of aromatic amines is 1. The molecule has 0 aliphatic carbocycles. The zero-order valence-corrected chi connectivity index (χ0v) is 17.1. The number of aryl methyl sites for hydroxylation is 2. The molecular weight excluding hydrogens is 406 g/mol. The fourth-order valence-electron chi connectivity index (χ4n) is 2.44. The molecule has 0 saturated heterocycles. The van der Waals surface area contributed by atoms with Crippen LogP contribution in [-0.2, 0) is 4.79 Å². The summed E-state index contributed by atoms with van der Waals surface area (Å²) in [6, 6.07) is 10.5. The van der Waals surface area contributed by atoms with Gasteiger partial charge in [0.2, 0.25) is 0 Å². The Kier molecular flexibility index (Phi) is 6.75. The van der Waals surface area contributed by atoms with E-state index in [9.17, 15) is 14.9 Å². The van der Waals surface area contributed by atoms with Crippen molar-refractivity contribution in [2.75, 3.05) is 11.9 Å². The highest BCUT2D eigenvalue weighted by molar-refractivity contribution is 7.99. The zero-order valence-electron chi connectivity index (χ0n) is 16.2. The Morgan fingerprint density at radius 3 is 2.80 bits per heavy atom. The number of carbonyl (C=O) groups is 1. The molecule has 1 aromatic heterocycles. The van der Waals surface area contributed by atoms with Gasteiger partial charge in [-0.15, -0.1) is 0 Å². The lowest BCUT2D eigenvalue weighted by Crippen LogP contribution is -2.25. The Labute approximate surface area is 176 Å². The second-order valence-electron chi connectivity index (χ2n) is 6.32. The number of nitro benzene ring substituents is 1. The first-order valence-corrected chi connectivity index (χ1v) is 9.68. The average molecular weight is 425 g/mol. The molecule has 1 amide bonds. The number of aromatic nitrogens is 3. The molecule has 0 unspecified atom stereocenters. The summed E-state index contributed by atoms with van der Waals surface area (Å²) in [5.74, 6) is -0.337. The molecule has 0 saturated carbocycles. The van der Waals surface area contributed by atoms with Gasteiger partial charge in [-0.25, -0.2) is 10.4 Å². The van der Waals surface area contributed by atoms with Gasteiger partial charge in [-0.1, -0.05) is 12.1 Å². The number of hydrazone groups is 1. The Bertz CT molecular complexity index is 1080. The summed E-state index contributed by atoms with van der Waals surface area (Å²) < 4.78 is 0. The van der Waals surface area contributed by atoms with Crippen LogP contribution in [0.25, 0.3) is 0 Å².